The highest BCUT2D eigenvalue weighted by Crippen LogP contribution is 2.27. The number of nitrogens with zero attached hydrogens (tertiary/aromatic N) is 1. The summed E-state index contributed by atoms with van der Waals surface area (Å²) in [7, 11) is 0. The number of hydrogen-bond donors (Lipinski definition) is 1. The Bertz CT molecular complexity index is 406. The first-order chi connectivity index (χ1) is 8.65. The lowest BCUT2D eigenvalue weighted by atomic mass is 10.2. The molecule has 19 heavy (non-hydrogen) atoms. The standard InChI is InChI=1S/C13H18BrClN2O.ClH/c1-10-9-17(5-4-16-10)6-7-18-13-3-2-11(15)8-12(13)14;/h2-3,8,10,16H,4-7,9H2,1H3;1H. The molecule has 0 saturated carbocycles. The Morgan fingerprint density at radius 3 is 3.00 bits per heavy atom. The molecule has 1 heterocycles. The van der Waals surface area contributed by atoms with Gasteiger partial charge in [-0.25, -0.2) is 0 Å². The van der Waals surface area contributed by atoms with Gasteiger partial charge in [-0.05, 0) is 41.1 Å². The fraction of sp³-hybridized carbons (Fsp3) is 0.538. The number of benzene rings is 1. The highest BCUT2D eigenvalue weighted by Gasteiger charge is 2.15. The summed E-state index contributed by atoms with van der Waals surface area (Å²) in [5.41, 5.74) is 0. The van der Waals surface area contributed by atoms with Crippen LogP contribution in [0.3, 0.4) is 0 Å². The second-order valence-corrected chi connectivity index (χ2v) is 5.87. The number of rotatable bonds is 4. The lowest BCUT2D eigenvalue weighted by Crippen LogP contribution is -2.50. The second-order valence-electron chi connectivity index (χ2n) is 4.58. The zero-order valence-corrected chi connectivity index (χ0v) is 14.0. The van der Waals surface area contributed by atoms with E-state index in [1.54, 1.807) is 0 Å². The van der Waals surface area contributed by atoms with E-state index in [4.69, 9.17) is 16.3 Å². The molecule has 3 nitrogen and oxygen atoms in total. The largest absolute Gasteiger partial charge is 0.491 e. The number of halogens is 3. The van der Waals surface area contributed by atoms with Gasteiger partial charge < -0.3 is 10.1 Å². The van der Waals surface area contributed by atoms with Crippen LogP contribution in [0.5, 0.6) is 5.75 Å². The number of hydrogen-bond acceptors (Lipinski definition) is 3. The van der Waals surface area contributed by atoms with Gasteiger partial charge in [0.05, 0.1) is 4.47 Å². The van der Waals surface area contributed by atoms with E-state index in [0.717, 1.165) is 36.4 Å². The normalized spacial score (nSPS) is 19.8. The topological polar surface area (TPSA) is 24.5 Å². The van der Waals surface area contributed by atoms with Crippen LogP contribution in [0.1, 0.15) is 6.92 Å². The van der Waals surface area contributed by atoms with E-state index in [9.17, 15) is 0 Å². The Morgan fingerprint density at radius 2 is 2.32 bits per heavy atom. The average molecular weight is 370 g/mol. The Morgan fingerprint density at radius 1 is 1.53 bits per heavy atom. The van der Waals surface area contributed by atoms with Crippen LogP contribution in [0, 0.1) is 0 Å². The van der Waals surface area contributed by atoms with Crippen LogP contribution in [0.25, 0.3) is 0 Å². The molecule has 108 valence electrons. The van der Waals surface area contributed by atoms with E-state index >= 15 is 0 Å². The van der Waals surface area contributed by atoms with Crippen LogP contribution >= 0.6 is 39.9 Å². The average Bonchev–Trinajstić information content (AvgIpc) is 2.32. The number of ether oxygens (including phenoxy) is 1. The molecule has 1 fully saturated rings. The molecule has 0 aromatic heterocycles. The first kappa shape index (κ1) is 17.1. The van der Waals surface area contributed by atoms with Crippen LogP contribution in [-0.2, 0) is 0 Å². The molecule has 1 unspecified atom stereocenters. The van der Waals surface area contributed by atoms with Crippen molar-refractivity contribution in [3.8, 4) is 5.75 Å². The van der Waals surface area contributed by atoms with Gasteiger partial charge in [-0.2, -0.15) is 0 Å². The van der Waals surface area contributed by atoms with Gasteiger partial charge >= 0.3 is 0 Å². The summed E-state index contributed by atoms with van der Waals surface area (Å²) in [6, 6.07) is 6.16. The van der Waals surface area contributed by atoms with Gasteiger partial charge in [-0.1, -0.05) is 11.6 Å². The summed E-state index contributed by atoms with van der Waals surface area (Å²) in [6.07, 6.45) is 0. The van der Waals surface area contributed by atoms with Crippen molar-refractivity contribution in [2.45, 2.75) is 13.0 Å². The quantitative estimate of drug-likeness (QED) is 0.881. The summed E-state index contributed by atoms with van der Waals surface area (Å²) in [6.45, 7) is 7.11. The van der Waals surface area contributed by atoms with E-state index < -0.39 is 0 Å². The minimum atomic E-state index is 0. The Labute approximate surface area is 134 Å². The first-order valence-corrected chi connectivity index (χ1v) is 7.36. The maximum atomic E-state index is 5.89. The maximum absolute atomic E-state index is 5.89. The molecule has 1 aromatic carbocycles. The summed E-state index contributed by atoms with van der Waals surface area (Å²) < 4.78 is 6.67. The van der Waals surface area contributed by atoms with Crippen LogP contribution < -0.4 is 10.1 Å². The molecule has 1 N–H and O–H groups in total. The molecule has 0 radical (unpaired) electrons. The van der Waals surface area contributed by atoms with Gasteiger partial charge in [0.1, 0.15) is 12.4 Å². The Balaban J connectivity index is 0.00000180. The monoisotopic (exact) mass is 368 g/mol. The molecule has 0 amide bonds. The van der Waals surface area contributed by atoms with Crippen molar-refractivity contribution < 1.29 is 4.74 Å². The van der Waals surface area contributed by atoms with E-state index in [-0.39, 0.29) is 12.4 Å². The SMILES string of the molecule is CC1CN(CCOc2ccc(Cl)cc2Br)CCN1.Cl. The fourth-order valence-electron chi connectivity index (χ4n) is 2.09. The molecule has 0 aliphatic carbocycles. The van der Waals surface area contributed by atoms with Gasteiger partial charge in [0.2, 0.25) is 0 Å². The van der Waals surface area contributed by atoms with Gasteiger partial charge in [0.25, 0.3) is 0 Å². The van der Waals surface area contributed by atoms with E-state index in [2.05, 4.69) is 33.1 Å². The van der Waals surface area contributed by atoms with E-state index in [0.29, 0.717) is 17.7 Å². The van der Waals surface area contributed by atoms with Crippen molar-refractivity contribution >= 4 is 39.9 Å². The van der Waals surface area contributed by atoms with Crippen molar-refractivity contribution in [3.63, 3.8) is 0 Å². The van der Waals surface area contributed by atoms with Crippen molar-refractivity contribution in [1.82, 2.24) is 10.2 Å². The van der Waals surface area contributed by atoms with E-state index in [1.807, 2.05) is 18.2 Å². The second kappa shape index (κ2) is 8.32. The zero-order chi connectivity index (χ0) is 13.0. The zero-order valence-electron chi connectivity index (χ0n) is 10.9. The summed E-state index contributed by atoms with van der Waals surface area (Å²) >= 11 is 9.34. The smallest absolute Gasteiger partial charge is 0.133 e. The molecule has 0 spiro atoms. The maximum Gasteiger partial charge on any atom is 0.133 e. The molecule has 1 aliphatic rings. The van der Waals surface area contributed by atoms with Crippen molar-refractivity contribution in [2.75, 3.05) is 32.8 Å². The minimum Gasteiger partial charge on any atom is -0.491 e. The third-order valence-corrected chi connectivity index (χ3v) is 3.87. The minimum absolute atomic E-state index is 0. The van der Waals surface area contributed by atoms with Crippen molar-refractivity contribution in [2.24, 2.45) is 0 Å². The van der Waals surface area contributed by atoms with Crippen LogP contribution in [0.15, 0.2) is 22.7 Å². The predicted octanol–water partition coefficient (Wildman–Crippen LogP) is 3.20. The Kier molecular flexibility index (Phi) is 7.47. The Hall–Kier alpha value is -0.000000000000000111. The third kappa shape index (κ3) is 5.48. The van der Waals surface area contributed by atoms with Crippen LogP contribution in [0.2, 0.25) is 5.02 Å². The van der Waals surface area contributed by atoms with Gasteiger partial charge in [-0.15, -0.1) is 12.4 Å². The lowest BCUT2D eigenvalue weighted by Gasteiger charge is -2.31. The van der Waals surface area contributed by atoms with Gasteiger partial charge in [0.15, 0.2) is 0 Å². The van der Waals surface area contributed by atoms with Gasteiger partial charge in [-0.3, -0.25) is 4.90 Å². The van der Waals surface area contributed by atoms with E-state index in [1.165, 1.54) is 0 Å². The lowest BCUT2D eigenvalue weighted by molar-refractivity contribution is 0.170. The first-order valence-electron chi connectivity index (χ1n) is 6.19. The highest BCUT2D eigenvalue weighted by atomic mass is 79.9. The highest BCUT2D eigenvalue weighted by molar-refractivity contribution is 9.10. The fourth-order valence-corrected chi connectivity index (χ4v) is 2.89. The van der Waals surface area contributed by atoms with Crippen LogP contribution in [-0.4, -0.2) is 43.7 Å². The molecule has 6 heteroatoms. The molecule has 1 atom stereocenters. The third-order valence-electron chi connectivity index (χ3n) is 3.01. The molecule has 0 bridgehead atoms. The molecular formula is C13H19BrCl2N2O. The van der Waals surface area contributed by atoms with Crippen molar-refractivity contribution in [1.29, 1.82) is 0 Å². The predicted molar refractivity (Wildman–Crippen MR) is 85.8 cm³/mol. The molecule has 1 aromatic rings. The molecule has 2 rings (SSSR count). The summed E-state index contributed by atoms with van der Waals surface area (Å²) in [5.74, 6) is 0.850. The molecular weight excluding hydrogens is 351 g/mol. The van der Waals surface area contributed by atoms with Crippen LogP contribution in [0.4, 0.5) is 0 Å². The van der Waals surface area contributed by atoms with Crippen molar-refractivity contribution in [3.05, 3.63) is 27.7 Å². The number of piperazine rings is 1. The number of nitrogens with one attached hydrogen (secondary N) is 1. The van der Waals surface area contributed by atoms with Gasteiger partial charge in [0, 0.05) is 37.2 Å². The summed E-state index contributed by atoms with van der Waals surface area (Å²) in [5, 5.41) is 4.14. The summed E-state index contributed by atoms with van der Waals surface area (Å²) in [4.78, 5) is 2.42. The molecule has 1 saturated heterocycles. The molecule has 1 aliphatic heterocycles.